The Morgan fingerprint density at radius 3 is 2.42 bits per heavy atom. The Labute approximate surface area is 149 Å². The number of nitrogens with one attached hydrogen (secondary N) is 2. The Balaban J connectivity index is 1.63. The molecule has 2 amide bonds. The predicted molar refractivity (Wildman–Crippen MR) is 98.2 cm³/mol. The third-order valence-corrected chi connectivity index (χ3v) is 3.60. The molecule has 24 heavy (non-hydrogen) atoms. The van der Waals surface area contributed by atoms with Crippen LogP contribution in [0.3, 0.4) is 0 Å². The molecule has 6 heteroatoms. The zero-order valence-corrected chi connectivity index (χ0v) is 14.9. The van der Waals surface area contributed by atoms with Crippen LogP contribution in [0, 0.1) is 0 Å². The average Bonchev–Trinajstić information content (AvgIpc) is 2.61. The highest BCUT2D eigenvalue weighted by Gasteiger charge is 1.98. The molecule has 0 bridgehead atoms. The number of hydrogen-bond acceptors (Lipinski definition) is 3. The minimum atomic E-state index is -0.276. The van der Waals surface area contributed by atoms with Gasteiger partial charge in [-0.05, 0) is 48.0 Å². The van der Waals surface area contributed by atoms with Crippen LogP contribution in [0.2, 0.25) is 0 Å². The fourth-order valence-electron chi connectivity index (χ4n) is 1.84. The van der Waals surface area contributed by atoms with Gasteiger partial charge in [0.05, 0.1) is 13.7 Å². The molecule has 0 aliphatic heterocycles. The minimum Gasteiger partial charge on any atom is -0.497 e. The van der Waals surface area contributed by atoms with E-state index in [0.29, 0.717) is 13.2 Å². The summed E-state index contributed by atoms with van der Waals surface area (Å²) >= 11 is 3.37. The van der Waals surface area contributed by atoms with Crippen LogP contribution in [-0.4, -0.2) is 26.3 Å². The van der Waals surface area contributed by atoms with Crippen LogP contribution in [0.5, 0.6) is 11.5 Å². The molecular weight excluding hydrogens is 372 g/mol. The van der Waals surface area contributed by atoms with Crippen LogP contribution in [0.1, 0.15) is 5.56 Å². The topological polar surface area (TPSA) is 59.6 Å². The molecule has 0 fully saturated rings. The molecular formula is C18H19BrN2O3. The second kappa shape index (κ2) is 9.62. The maximum absolute atomic E-state index is 11.6. The third-order valence-electron chi connectivity index (χ3n) is 3.08. The van der Waals surface area contributed by atoms with Crippen molar-refractivity contribution in [3.8, 4) is 11.5 Å². The molecule has 0 atom stereocenters. The van der Waals surface area contributed by atoms with Crippen LogP contribution in [0.4, 0.5) is 4.79 Å². The van der Waals surface area contributed by atoms with Gasteiger partial charge in [-0.3, -0.25) is 0 Å². The van der Waals surface area contributed by atoms with E-state index in [9.17, 15) is 4.79 Å². The number of hydrogen-bond donors (Lipinski definition) is 2. The largest absolute Gasteiger partial charge is 0.497 e. The van der Waals surface area contributed by atoms with Gasteiger partial charge in [0.1, 0.15) is 18.1 Å². The lowest BCUT2D eigenvalue weighted by Crippen LogP contribution is -2.34. The van der Waals surface area contributed by atoms with Crippen molar-refractivity contribution in [3.05, 3.63) is 64.8 Å². The van der Waals surface area contributed by atoms with Crippen LogP contribution in [-0.2, 0) is 0 Å². The van der Waals surface area contributed by atoms with Crippen molar-refractivity contribution in [2.24, 2.45) is 0 Å². The number of benzene rings is 2. The number of ether oxygens (including phenoxy) is 2. The van der Waals surface area contributed by atoms with Gasteiger partial charge in [0.15, 0.2) is 0 Å². The van der Waals surface area contributed by atoms with Crippen molar-refractivity contribution in [1.29, 1.82) is 0 Å². The Morgan fingerprint density at radius 1 is 1.08 bits per heavy atom. The van der Waals surface area contributed by atoms with Gasteiger partial charge in [0.25, 0.3) is 0 Å². The van der Waals surface area contributed by atoms with Crippen LogP contribution in [0.25, 0.3) is 6.08 Å². The number of methoxy groups -OCH3 is 1. The van der Waals surface area contributed by atoms with E-state index >= 15 is 0 Å². The summed E-state index contributed by atoms with van der Waals surface area (Å²) in [5, 5.41) is 5.36. The molecule has 0 spiro atoms. The van der Waals surface area contributed by atoms with Crippen LogP contribution in [0.15, 0.2) is 59.2 Å². The maximum atomic E-state index is 11.6. The smallest absolute Gasteiger partial charge is 0.318 e. The Kier molecular flexibility index (Phi) is 7.17. The number of carbonyl (C=O) groups is 1. The summed E-state index contributed by atoms with van der Waals surface area (Å²) in [4.78, 5) is 11.6. The lowest BCUT2D eigenvalue weighted by atomic mass is 10.2. The minimum absolute atomic E-state index is 0.276. The highest BCUT2D eigenvalue weighted by Crippen LogP contribution is 2.16. The highest BCUT2D eigenvalue weighted by molar-refractivity contribution is 9.10. The number of urea groups is 1. The van der Waals surface area contributed by atoms with Crippen LogP contribution >= 0.6 is 15.9 Å². The van der Waals surface area contributed by atoms with Gasteiger partial charge in [-0.15, -0.1) is 0 Å². The quantitative estimate of drug-likeness (QED) is 0.706. The first-order valence-electron chi connectivity index (χ1n) is 7.41. The number of amides is 2. The van der Waals surface area contributed by atoms with Crippen molar-refractivity contribution in [2.75, 3.05) is 20.3 Å². The van der Waals surface area contributed by atoms with Crippen molar-refractivity contribution in [1.82, 2.24) is 10.6 Å². The van der Waals surface area contributed by atoms with E-state index in [1.165, 1.54) is 0 Å². The van der Waals surface area contributed by atoms with E-state index in [1.807, 2.05) is 54.6 Å². The van der Waals surface area contributed by atoms with Gasteiger partial charge in [-0.2, -0.15) is 0 Å². The molecule has 0 saturated carbocycles. The molecule has 0 aliphatic rings. The second-order valence-electron chi connectivity index (χ2n) is 4.81. The van der Waals surface area contributed by atoms with E-state index in [2.05, 4.69) is 26.6 Å². The number of rotatable bonds is 7. The van der Waals surface area contributed by atoms with E-state index in [1.54, 1.807) is 13.3 Å². The fourth-order valence-corrected chi connectivity index (χ4v) is 2.11. The van der Waals surface area contributed by atoms with Crippen molar-refractivity contribution in [2.45, 2.75) is 0 Å². The molecule has 0 aromatic heterocycles. The lowest BCUT2D eigenvalue weighted by Gasteiger charge is -2.08. The summed E-state index contributed by atoms with van der Waals surface area (Å²) in [5.41, 5.74) is 1.00. The summed E-state index contributed by atoms with van der Waals surface area (Å²) < 4.78 is 11.6. The maximum Gasteiger partial charge on any atom is 0.318 e. The van der Waals surface area contributed by atoms with Crippen molar-refractivity contribution >= 4 is 28.0 Å². The first-order chi connectivity index (χ1) is 11.7. The Bertz CT molecular complexity index is 670. The number of halogens is 1. The van der Waals surface area contributed by atoms with Gasteiger partial charge in [0.2, 0.25) is 0 Å². The van der Waals surface area contributed by atoms with Crippen LogP contribution < -0.4 is 20.1 Å². The Morgan fingerprint density at radius 2 is 1.75 bits per heavy atom. The third kappa shape index (κ3) is 6.34. The Hall–Kier alpha value is -2.47. The van der Waals surface area contributed by atoms with E-state index in [0.717, 1.165) is 21.5 Å². The zero-order chi connectivity index (χ0) is 17.2. The van der Waals surface area contributed by atoms with Crippen molar-refractivity contribution in [3.63, 3.8) is 0 Å². The molecule has 0 unspecified atom stereocenters. The van der Waals surface area contributed by atoms with E-state index in [-0.39, 0.29) is 6.03 Å². The lowest BCUT2D eigenvalue weighted by molar-refractivity contribution is 0.239. The predicted octanol–water partition coefficient (Wildman–Crippen LogP) is 3.81. The molecule has 2 aromatic rings. The first kappa shape index (κ1) is 17.9. The molecule has 0 saturated heterocycles. The van der Waals surface area contributed by atoms with E-state index in [4.69, 9.17) is 9.47 Å². The molecule has 0 heterocycles. The molecule has 2 N–H and O–H groups in total. The molecule has 126 valence electrons. The zero-order valence-electron chi connectivity index (χ0n) is 13.3. The molecule has 0 aliphatic carbocycles. The summed E-state index contributed by atoms with van der Waals surface area (Å²) in [6.45, 7) is 0.792. The van der Waals surface area contributed by atoms with Crippen molar-refractivity contribution < 1.29 is 14.3 Å². The standard InChI is InChI=1S/C18H19BrN2O3/c1-23-16-6-8-17(9-7-16)24-13-12-21-18(22)20-11-10-14-2-4-15(19)5-3-14/h2-11H,12-13H2,1H3,(H2,20,21,22)/b11-10+. The average molecular weight is 391 g/mol. The summed E-state index contributed by atoms with van der Waals surface area (Å²) in [5.74, 6) is 1.51. The SMILES string of the molecule is COc1ccc(OCCNC(=O)N/C=C/c2ccc(Br)cc2)cc1. The van der Waals surface area contributed by atoms with Gasteiger partial charge < -0.3 is 20.1 Å². The molecule has 5 nitrogen and oxygen atoms in total. The summed E-state index contributed by atoms with van der Waals surface area (Å²) in [7, 11) is 1.61. The second-order valence-corrected chi connectivity index (χ2v) is 5.72. The molecule has 0 radical (unpaired) electrons. The fraction of sp³-hybridized carbons (Fsp3) is 0.167. The monoisotopic (exact) mass is 390 g/mol. The molecule has 2 aromatic carbocycles. The van der Waals surface area contributed by atoms with Gasteiger partial charge >= 0.3 is 6.03 Å². The summed E-state index contributed by atoms with van der Waals surface area (Å²) in [6, 6.07) is 14.8. The van der Waals surface area contributed by atoms with Gasteiger partial charge in [0, 0.05) is 10.7 Å². The highest BCUT2D eigenvalue weighted by atomic mass is 79.9. The number of carbonyl (C=O) groups excluding carboxylic acids is 1. The normalized spacial score (nSPS) is 10.4. The van der Waals surface area contributed by atoms with E-state index < -0.39 is 0 Å². The molecule has 2 rings (SSSR count). The van der Waals surface area contributed by atoms with Gasteiger partial charge in [-0.1, -0.05) is 28.1 Å². The first-order valence-corrected chi connectivity index (χ1v) is 8.20. The van der Waals surface area contributed by atoms with Gasteiger partial charge in [-0.25, -0.2) is 4.79 Å². The summed E-state index contributed by atoms with van der Waals surface area (Å²) in [6.07, 6.45) is 3.42.